The third-order valence-corrected chi connectivity index (χ3v) is 3.12. The third kappa shape index (κ3) is 7.91. The number of likely N-dealkylation sites (tertiary alicyclic amines) is 1. The quantitative estimate of drug-likeness (QED) is 0.344. The van der Waals surface area contributed by atoms with Crippen LogP contribution in [0.3, 0.4) is 0 Å². The molecule has 0 bridgehead atoms. The van der Waals surface area contributed by atoms with Crippen molar-refractivity contribution in [3.63, 3.8) is 0 Å². The number of nitrogens with two attached hydrogens (primary N) is 1. The van der Waals surface area contributed by atoms with Gasteiger partial charge in [-0.2, -0.15) is 0 Å². The van der Waals surface area contributed by atoms with Crippen molar-refractivity contribution in [2.45, 2.75) is 52.6 Å². The van der Waals surface area contributed by atoms with Gasteiger partial charge in [0.2, 0.25) is 0 Å². The largest absolute Gasteiger partial charge is 0.460 e. The molecule has 1 saturated heterocycles. The third-order valence-electron chi connectivity index (χ3n) is 3.12. The topological polar surface area (TPSA) is 67.9 Å². The Morgan fingerprint density at radius 2 is 1.90 bits per heavy atom. The first-order chi connectivity index (χ1) is 8.78. The second-order valence-corrected chi connectivity index (χ2v) is 6.25. The summed E-state index contributed by atoms with van der Waals surface area (Å²) < 4.78 is 5.22. The molecule has 1 aliphatic heterocycles. The van der Waals surface area contributed by atoms with Crippen LogP contribution in [0, 0.1) is 5.92 Å². The summed E-state index contributed by atoms with van der Waals surface area (Å²) in [6.07, 6.45) is 2.59. The van der Waals surface area contributed by atoms with Crippen molar-refractivity contribution >= 4 is 35.9 Å². The first-order valence-electron chi connectivity index (χ1n) is 7.04. The van der Waals surface area contributed by atoms with E-state index < -0.39 is 5.60 Å². The van der Waals surface area contributed by atoms with Crippen molar-refractivity contribution in [3.05, 3.63) is 0 Å². The van der Waals surface area contributed by atoms with Crippen LogP contribution in [0.5, 0.6) is 0 Å². The molecule has 1 aliphatic rings. The molecule has 1 fully saturated rings. The molecule has 6 heteroatoms. The monoisotopic (exact) mass is 397 g/mol. The van der Waals surface area contributed by atoms with E-state index in [2.05, 4.69) is 16.8 Å². The van der Waals surface area contributed by atoms with E-state index in [9.17, 15) is 4.79 Å². The highest BCUT2D eigenvalue weighted by molar-refractivity contribution is 14.0. The number of aliphatic imine (C=N–C) groups is 1. The molecule has 0 aliphatic carbocycles. The lowest BCUT2D eigenvalue weighted by Crippen LogP contribution is -2.42. The Hall–Kier alpha value is -0.530. The van der Waals surface area contributed by atoms with Gasteiger partial charge in [0.05, 0.1) is 13.0 Å². The van der Waals surface area contributed by atoms with E-state index in [1.807, 2.05) is 20.8 Å². The van der Waals surface area contributed by atoms with Gasteiger partial charge >= 0.3 is 5.97 Å². The van der Waals surface area contributed by atoms with Gasteiger partial charge in [0.25, 0.3) is 0 Å². The molecule has 0 spiro atoms. The van der Waals surface area contributed by atoms with Gasteiger partial charge < -0.3 is 15.4 Å². The first-order valence-corrected chi connectivity index (χ1v) is 7.04. The molecule has 0 radical (unpaired) electrons. The molecule has 0 amide bonds. The lowest BCUT2D eigenvalue weighted by molar-refractivity contribution is -0.154. The minimum atomic E-state index is -0.435. The Kier molecular flexibility index (Phi) is 8.46. The predicted octanol–water partition coefficient (Wildman–Crippen LogP) is 2.38. The van der Waals surface area contributed by atoms with Crippen LogP contribution >= 0.6 is 24.0 Å². The highest BCUT2D eigenvalue weighted by atomic mass is 127. The lowest BCUT2D eigenvalue weighted by Gasteiger charge is -2.31. The molecular weight excluding hydrogens is 369 g/mol. The molecule has 2 N–H and O–H groups in total. The number of rotatable bonds is 3. The van der Waals surface area contributed by atoms with Crippen molar-refractivity contribution in [3.8, 4) is 0 Å². The minimum Gasteiger partial charge on any atom is -0.460 e. The Morgan fingerprint density at radius 3 is 2.40 bits per heavy atom. The van der Waals surface area contributed by atoms with Crippen LogP contribution in [-0.2, 0) is 9.53 Å². The van der Waals surface area contributed by atoms with Crippen LogP contribution in [0.25, 0.3) is 0 Å². The summed E-state index contributed by atoms with van der Waals surface area (Å²) in [5.41, 5.74) is 5.50. The van der Waals surface area contributed by atoms with E-state index in [-0.39, 0.29) is 36.4 Å². The number of ether oxygens (including phenoxy) is 1. The van der Waals surface area contributed by atoms with Crippen molar-refractivity contribution in [1.82, 2.24) is 4.90 Å². The maximum Gasteiger partial charge on any atom is 0.308 e. The number of hydrogen-bond donors (Lipinski definition) is 1. The van der Waals surface area contributed by atoms with E-state index in [1.54, 1.807) is 0 Å². The van der Waals surface area contributed by atoms with Gasteiger partial charge in [-0.3, -0.25) is 9.79 Å². The molecule has 0 saturated carbocycles. The molecule has 5 nitrogen and oxygen atoms in total. The minimum absolute atomic E-state index is 0. The van der Waals surface area contributed by atoms with Crippen LogP contribution in [0.2, 0.25) is 0 Å². The van der Waals surface area contributed by atoms with Crippen molar-refractivity contribution in [2.24, 2.45) is 16.6 Å². The molecule has 0 aromatic heterocycles. The van der Waals surface area contributed by atoms with E-state index >= 15 is 0 Å². The number of carbonyl (C=O) groups is 1. The van der Waals surface area contributed by atoms with Crippen LogP contribution in [-0.4, -0.2) is 42.1 Å². The number of carbonyl (C=O) groups excluding carboxylic acids is 1. The first kappa shape index (κ1) is 19.5. The normalized spacial score (nSPS) is 17.6. The molecule has 20 heavy (non-hydrogen) atoms. The molecule has 0 aromatic carbocycles. The van der Waals surface area contributed by atoms with E-state index in [1.165, 1.54) is 0 Å². The summed E-state index contributed by atoms with van der Waals surface area (Å²) >= 11 is 0. The highest BCUT2D eigenvalue weighted by Gasteiger charge is 2.18. The second kappa shape index (κ2) is 8.69. The highest BCUT2D eigenvalue weighted by Crippen LogP contribution is 2.15. The zero-order valence-electron chi connectivity index (χ0n) is 13.0. The summed E-state index contributed by atoms with van der Waals surface area (Å²) in [6, 6.07) is 0. The summed E-state index contributed by atoms with van der Waals surface area (Å²) in [5, 5.41) is 0. The fourth-order valence-electron chi connectivity index (χ4n) is 1.99. The number of hydrogen-bond acceptors (Lipinski definition) is 3. The molecular formula is C14H28IN3O2. The summed E-state index contributed by atoms with van der Waals surface area (Å²) in [7, 11) is 0. The predicted molar refractivity (Wildman–Crippen MR) is 92.3 cm³/mol. The van der Waals surface area contributed by atoms with Gasteiger partial charge in [0, 0.05) is 13.1 Å². The van der Waals surface area contributed by atoms with E-state index in [4.69, 9.17) is 10.5 Å². The average molecular weight is 397 g/mol. The molecule has 1 heterocycles. The van der Waals surface area contributed by atoms with Crippen molar-refractivity contribution in [1.29, 1.82) is 0 Å². The number of halogens is 1. The Bertz CT molecular complexity index is 332. The van der Waals surface area contributed by atoms with Crippen molar-refractivity contribution < 1.29 is 9.53 Å². The van der Waals surface area contributed by atoms with E-state index in [0.29, 0.717) is 12.5 Å². The Morgan fingerprint density at radius 1 is 1.35 bits per heavy atom. The molecule has 0 atom stereocenters. The fraction of sp³-hybridized carbons (Fsp3) is 0.857. The van der Waals surface area contributed by atoms with Crippen LogP contribution < -0.4 is 5.73 Å². The van der Waals surface area contributed by atoms with Gasteiger partial charge in [-0.25, -0.2) is 0 Å². The zero-order valence-corrected chi connectivity index (χ0v) is 15.3. The standard InChI is InChI=1S/C14H27N3O2.HI/c1-11-6-9-17(10-7-11)13(15)16-8-5-12(18)19-14(2,3)4;/h11H,5-10H2,1-4H3,(H2,15,16);1H. The molecule has 118 valence electrons. The number of nitrogens with zero attached hydrogens (tertiary/aromatic N) is 2. The van der Waals surface area contributed by atoms with Crippen LogP contribution in [0.4, 0.5) is 0 Å². The molecule has 0 aromatic rings. The van der Waals surface area contributed by atoms with Gasteiger partial charge in [-0.05, 0) is 39.5 Å². The molecule has 1 rings (SSSR count). The Labute approximate surface area is 139 Å². The fourth-order valence-corrected chi connectivity index (χ4v) is 1.99. The Balaban J connectivity index is 0.00000361. The van der Waals surface area contributed by atoms with Crippen LogP contribution in [0.1, 0.15) is 47.0 Å². The zero-order chi connectivity index (χ0) is 14.5. The second-order valence-electron chi connectivity index (χ2n) is 6.25. The van der Waals surface area contributed by atoms with E-state index in [0.717, 1.165) is 31.8 Å². The SMILES string of the molecule is CC1CCN(C(N)=NCCC(=O)OC(C)(C)C)CC1.I. The number of guanidine groups is 1. The van der Waals surface area contributed by atoms with Gasteiger partial charge in [-0.1, -0.05) is 6.92 Å². The van der Waals surface area contributed by atoms with Gasteiger partial charge in [-0.15, -0.1) is 24.0 Å². The number of piperidine rings is 1. The average Bonchev–Trinajstić information content (AvgIpc) is 2.27. The summed E-state index contributed by atoms with van der Waals surface area (Å²) in [4.78, 5) is 17.9. The smallest absolute Gasteiger partial charge is 0.308 e. The summed E-state index contributed by atoms with van der Waals surface area (Å²) in [5.74, 6) is 1.09. The lowest BCUT2D eigenvalue weighted by atomic mass is 10.00. The maximum atomic E-state index is 11.5. The summed E-state index contributed by atoms with van der Waals surface area (Å²) in [6.45, 7) is 10.2. The molecule has 0 unspecified atom stereocenters. The number of esters is 1. The van der Waals surface area contributed by atoms with Gasteiger partial charge in [0.15, 0.2) is 5.96 Å². The van der Waals surface area contributed by atoms with Crippen molar-refractivity contribution in [2.75, 3.05) is 19.6 Å². The maximum absolute atomic E-state index is 11.5. The van der Waals surface area contributed by atoms with Gasteiger partial charge in [0.1, 0.15) is 5.60 Å². The van der Waals surface area contributed by atoms with Crippen LogP contribution in [0.15, 0.2) is 4.99 Å².